The van der Waals surface area contributed by atoms with E-state index in [0.29, 0.717) is 11.3 Å². The van der Waals surface area contributed by atoms with Gasteiger partial charge in [-0.1, -0.05) is 6.92 Å². The maximum absolute atomic E-state index is 11.9. The van der Waals surface area contributed by atoms with E-state index < -0.39 is 5.91 Å². The van der Waals surface area contributed by atoms with E-state index in [2.05, 4.69) is 5.32 Å². The maximum atomic E-state index is 11.9. The van der Waals surface area contributed by atoms with E-state index in [1.807, 2.05) is 13.8 Å². The third kappa shape index (κ3) is 4.50. The van der Waals surface area contributed by atoms with Crippen molar-refractivity contribution in [3.63, 3.8) is 0 Å². The minimum atomic E-state index is -0.585. The average molecular weight is 265 g/mol. The molecule has 104 valence electrons. The molecule has 6 nitrogen and oxygen atoms in total. The van der Waals surface area contributed by atoms with Gasteiger partial charge in [-0.3, -0.25) is 9.59 Å². The van der Waals surface area contributed by atoms with E-state index in [1.54, 1.807) is 12.1 Å². The van der Waals surface area contributed by atoms with Gasteiger partial charge in [0.1, 0.15) is 5.75 Å². The summed E-state index contributed by atoms with van der Waals surface area (Å²) >= 11 is 0. The predicted octanol–water partition coefficient (Wildman–Crippen LogP) is 0.661. The Morgan fingerprint density at radius 3 is 2.63 bits per heavy atom. The second-order valence-corrected chi connectivity index (χ2v) is 4.29. The number of amides is 2. The van der Waals surface area contributed by atoms with Crippen molar-refractivity contribution in [2.75, 3.05) is 12.3 Å². The highest BCUT2D eigenvalue weighted by molar-refractivity contribution is 5.95. The van der Waals surface area contributed by atoms with E-state index in [1.165, 1.54) is 6.07 Å². The topological polar surface area (TPSA) is 107 Å². The van der Waals surface area contributed by atoms with Crippen molar-refractivity contribution in [3.8, 4) is 5.75 Å². The number of carbonyl (C=O) groups is 2. The Hall–Kier alpha value is -2.24. The molecule has 0 radical (unpaired) electrons. The average Bonchev–Trinajstić information content (AvgIpc) is 2.36. The van der Waals surface area contributed by atoms with Crippen molar-refractivity contribution in [1.82, 2.24) is 5.32 Å². The molecule has 1 aromatic rings. The SMILES string of the molecule is CCC(C)NC(=O)c1ccc(OCC(N)=O)c(N)c1. The Labute approximate surface area is 112 Å². The third-order valence-corrected chi connectivity index (χ3v) is 2.63. The minimum absolute atomic E-state index is 0.0968. The van der Waals surface area contributed by atoms with Crippen molar-refractivity contribution in [2.24, 2.45) is 5.73 Å². The predicted molar refractivity (Wildman–Crippen MR) is 72.8 cm³/mol. The van der Waals surface area contributed by atoms with Gasteiger partial charge in [-0.15, -0.1) is 0 Å². The molecule has 1 unspecified atom stereocenters. The van der Waals surface area contributed by atoms with Crippen LogP contribution in [-0.2, 0) is 4.79 Å². The normalized spacial score (nSPS) is 11.7. The second kappa shape index (κ2) is 6.63. The molecule has 0 aliphatic carbocycles. The Bertz CT molecular complexity index is 474. The summed E-state index contributed by atoms with van der Waals surface area (Å²) in [6.45, 7) is 3.66. The monoisotopic (exact) mass is 265 g/mol. The van der Waals surface area contributed by atoms with Gasteiger partial charge in [0.05, 0.1) is 5.69 Å². The number of ether oxygens (including phenoxy) is 1. The molecule has 0 fully saturated rings. The molecule has 0 bridgehead atoms. The number of hydrogen-bond donors (Lipinski definition) is 3. The van der Waals surface area contributed by atoms with E-state index in [9.17, 15) is 9.59 Å². The van der Waals surface area contributed by atoms with Crippen LogP contribution in [0.5, 0.6) is 5.75 Å². The molecule has 2 amide bonds. The number of carbonyl (C=O) groups excluding carboxylic acids is 2. The molecular weight excluding hydrogens is 246 g/mol. The first-order valence-electron chi connectivity index (χ1n) is 6.05. The van der Waals surface area contributed by atoms with Crippen LogP contribution in [0.4, 0.5) is 5.69 Å². The lowest BCUT2D eigenvalue weighted by Crippen LogP contribution is -2.31. The molecule has 6 heteroatoms. The Balaban J connectivity index is 2.75. The van der Waals surface area contributed by atoms with Crippen LogP contribution in [0.15, 0.2) is 18.2 Å². The smallest absolute Gasteiger partial charge is 0.255 e. The quantitative estimate of drug-likeness (QED) is 0.657. The highest BCUT2D eigenvalue weighted by Crippen LogP contribution is 2.22. The largest absolute Gasteiger partial charge is 0.482 e. The zero-order valence-corrected chi connectivity index (χ0v) is 11.1. The fourth-order valence-electron chi connectivity index (χ4n) is 1.38. The summed E-state index contributed by atoms with van der Waals surface area (Å²) in [5, 5.41) is 2.83. The van der Waals surface area contributed by atoms with E-state index in [-0.39, 0.29) is 24.2 Å². The summed E-state index contributed by atoms with van der Waals surface area (Å²) in [6, 6.07) is 4.74. The molecule has 0 saturated heterocycles. The Kier molecular flexibility index (Phi) is 5.17. The first kappa shape index (κ1) is 14.8. The molecule has 0 aliphatic rings. The van der Waals surface area contributed by atoms with Crippen LogP contribution in [0.2, 0.25) is 0 Å². The molecule has 0 aliphatic heterocycles. The van der Waals surface area contributed by atoms with Crippen molar-refractivity contribution in [3.05, 3.63) is 23.8 Å². The summed E-state index contributed by atoms with van der Waals surface area (Å²) in [5.74, 6) is -0.445. The number of benzene rings is 1. The van der Waals surface area contributed by atoms with Crippen LogP contribution < -0.4 is 21.5 Å². The molecule has 19 heavy (non-hydrogen) atoms. The molecule has 0 aromatic heterocycles. The first-order valence-corrected chi connectivity index (χ1v) is 6.05. The fourth-order valence-corrected chi connectivity index (χ4v) is 1.38. The zero-order valence-electron chi connectivity index (χ0n) is 11.1. The van der Waals surface area contributed by atoms with Gasteiger partial charge in [0.2, 0.25) is 0 Å². The first-order chi connectivity index (χ1) is 8.93. The zero-order chi connectivity index (χ0) is 14.4. The molecule has 0 spiro atoms. The highest BCUT2D eigenvalue weighted by atomic mass is 16.5. The van der Waals surface area contributed by atoms with Crippen LogP contribution >= 0.6 is 0 Å². The summed E-state index contributed by atoms with van der Waals surface area (Å²) in [7, 11) is 0. The third-order valence-electron chi connectivity index (χ3n) is 2.63. The number of primary amides is 1. The van der Waals surface area contributed by atoms with Crippen molar-refractivity contribution >= 4 is 17.5 Å². The van der Waals surface area contributed by atoms with Crippen LogP contribution in [0.25, 0.3) is 0 Å². The van der Waals surface area contributed by atoms with Gasteiger partial charge in [0, 0.05) is 11.6 Å². The molecule has 5 N–H and O–H groups in total. The number of anilines is 1. The highest BCUT2D eigenvalue weighted by Gasteiger charge is 2.11. The number of nitrogens with two attached hydrogens (primary N) is 2. The molecular formula is C13H19N3O3. The summed E-state index contributed by atoms with van der Waals surface area (Å²) in [4.78, 5) is 22.5. The van der Waals surface area contributed by atoms with Gasteiger partial charge in [-0.2, -0.15) is 0 Å². The maximum Gasteiger partial charge on any atom is 0.255 e. The lowest BCUT2D eigenvalue weighted by molar-refractivity contribution is -0.119. The van der Waals surface area contributed by atoms with Gasteiger partial charge in [-0.05, 0) is 31.5 Å². The number of nitrogen functional groups attached to an aromatic ring is 1. The summed E-state index contributed by atoms with van der Waals surface area (Å²) < 4.78 is 5.10. The molecule has 1 aromatic carbocycles. The van der Waals surface area contributed by atoms with E-state index in [4.69, 9.17) is 16.2 Å². The van der Waals surface area contributed by atoms with Crippen molar-refractivity contribution < 1.29 is 14.3 Å². The van der Waals surface area contributed by atoms with Gasteiger partial charge < -0.3 is 21.5 Å². The Morgan fingerprint density at radius 2 is 2.11 bits per heavy atom. The van der Waals surface area contributed by atoms with Gasteiger partial charge in [0.25, 0.3) is 11.8 Å². The van der Waals surface area contributed by atoms with Crippen LogP contribution in [-0.4, -0.2) is 24.5 Å². The van der Waals surface area contributed by atoms with E-state index in [0.717, 1.165) is 6.42 Å². The van der Waals surface area contributed by atoms with Crippen LogP contribution in [0.3, 0.4) is 0 Å². The van der Waals surface area contributed by atoms with Gasteiger partial charge >= 0.3 is 0 Å². The van der Waals surface area contributed by atoms with Gasteiger partial charge in [0.15, 0.2) is 6.61 Å². The van der Waals surface area contributed by atoms with Crippen molar-refractivity contribution in [2.45, 2.75) is 26.3 Å². The van der Waals surface area contributed by atoms with Crippen LogP contribution in [0, 0.1) is 0 Å². The molecule has 0 saturated carbocycles. The molecule has 0 heterocycles. The van der Waals surface area contributed by atoms with E-state index >= 15 is 0 Å². The lowest BCUT2D eigenvalue weighted by Gasteiger charge is -2.13. The minimum Gasteiger partial charge on any atom is -0.482 e. The number of hydrogen-bond acceptors (Lipinski definition) is 4. The summed E-state index contributed by atoms with van der Waals surface area (Å²) in [5.41, 5.74) is 11.5. The summed E-state index contributed by atoms with van der Waals surface area (Å²) in [6.07, 6.45) is 0.848. The van der Waals surface area contributed by atoms with Crippen molar-refractivity contribution in [1.29, 1.82) is 0 Å². The fraction of sp³-hybridized carbons (Fsp3) is 0.385. The molecule has 1 atom stereocenters. The molecule has 1 rings (SSSR count). The van der Waals surface area contributed by atoms with Gasteiger partial charge in [-0.25, -0.2) is 0 Å². The second-order valence-electron chi connectivity index (χ2n) is 4.29. The number of rotatable bonds is 6. The number of nitrogens with one attached hydrogen (secondary N) is 1. The standard InChI is InChI=1S/C13H19N3O3/c1-3-8(2)16-13(18)9-4-5-11(10(14)6-9)19-7-12(15)17/h4-6,8H,3,7,14H2,1-2H3,(H2,15,17)(H,16,18). The van der Waals surface area contributed by atoms with Crippen LogP contribution in [0.1, 0.15) is 30.6 Å². The lowest BCUT2D eigenvalue weighted by atomic mass is 10.1. The Morgan fingerprint density at radius 1 is 1.42 bits per heavy atom.